The molecule has 3 heteroatoms. The molecule has 0 atom stereocenters. The average molecular weight is 202 g/mol. The Bertz CT molecular complexity index is 158. The first-order chi connectivity index (χ1) is 6.59. The van der Waals surface area contributed by atoms with Crippen molar-refractivity contribution in [3.63, 3.8) is 0 Å². The molecule has 0 saturated carbocycles. The summed E-state index contributed by atoms with van der Waals surface area (Å²) in [4.78, 5) is 9.86. The second-order valence-corrected chi connectivity index (χ2v) is 3.06. The van der Waals surface area contributed by atoms with Gasteiger partial charge in [-0.2, -0.15) is 0 Å². The molecule has 0 aliphatic heterocycles. The van der Waals surface area contributed by atoms with Crippen molar-refractivity contribution in [3.8, 4) is 0 Å². The van der Waals surface area contributed by atoms with Crippen LogP contribution in [0.5, 0.6) is 0 Å². The van der Waals surface area contributed by atoms with Crippen LogP contribution in [0.3, 0.4) is 0 Å². The third-order valence-corrected chi connectivity index (χ3v) is 1.78. The highest BCUT2D eigenvalue weighted by Gasteiger charge is 1.93. The number of carboxylic acids is 1. The summed E-state index contributed by atoms with van der Waals surface area (Å²) in [6, 6.07) is 0. The molecule has 0 bridgehead atoms. The van der Waals surface area contributed by atoms with Gasteiger partial charge >= 0.3 is 5.97 Å². The molecular formula is C11H22O3. The zero-order chi connectivity index (χ0) is 11.4. The van der Waals surface area contributed by atoms with Gasteiger partial charge in [0.15, 0.2) is 0 Å². The molecule has 84 valence electrons. The normalized spacial score (nSPS) is 10.4. The average Bonchev–Trinajstić information content (AvgIpc) is 2.18. The highest BCUT2D eigenvalue weighted by molar-refractivity contribution is 5.85. The molecule has 0 amide bonds. The molecule has 2 N–H and O–H groups in total. The molecule has 0 aromatic rings. The largest absolute Gasteiger partial charge is 0.478 e. The van der Waals surface area contributed by atoms with Crippen LogP contribution in [0, 0.1) is 0 Å². The molecule has 0 heterocycles. The minimum atomic E-state index is -0.845. The zero-order valence-corrected chi connectivity index (χ0v) is 9.42. The van der Waals surface area contributed by atoms with Crippen LogP contribution in [0.15, 0.2) is 11.6 Å². The quantitative estimate of drug-likeness (QED) is 0.532. The smallest absolute Gasteiger partial charge is 0.330 e. The number of carboxylic acid groups (broad SMARTS) is 1. The van der Waals surface area contributed by atoms with Gasteiger partial charge in [-0.15, -0.1) is 0 Å². The molecule has 14 heavy (non-hydrogen) atoms. The number of aliphatic hydroxyl groups excluding tert-OH is 1. The van der Waals surface area contributed by atoms with Gasteiger partial charge in [0.1, 0.15) is 0 Å². The number of carbonyl (C=O) groups is 1. The summed E-state index contributed by atoms with van der Waals surface area (Å²) in [7, 11) is 0. The van der Waals surface area contributed by atoms with Crippen molar-refractivity contribution < 1.29 is 15.0 Å². The summed E-state index contributed by atoms with van der Waals surface area (Å²) >= 11 is 0. The van der Waals surface area contributed by atoms with E-state index in [1.54, 1.807) is 19.9 Å². The lowest BCUT2D eigenvalue weighted by molar-refractivity contribution is -0.132. The summed E-state index contributed by atoms with van der Waals surface area (Å²) < 4.78 is 0. The van der Waals surface area contributed by atoms with E-state index in [1.165, 1.54) is 19.3 Å². The van der Waals surface area contributed by atoms with E-state index < -0.39 is 5.97 Å². The number of rotatable bonds is 5. The van der Waals surface area contributed by atoms with E-state index in [4.69, 9.17) is 10.2 Å². The van der Waals surface area contributed by atoms with E-state index in [0.717, 1.165) is 6.42 Å². The summed E-state index contributed by atoms with van der Waals surface area (Å²) in [5.41, 5.74) is 0.389. The number of unbranched alkanes of at least 4 members (excludes halogenated alkanes) is 3. The van der Waals surface area contributed by atoms with E-state index in [9.17, 15) is 4.79 Å². The van der Waals surface area contributed by atoms with Crippen molar-refractivity contribution in [3.05, 3.63) is 11.6 Å². The Morgan fingerprint density at radius 3 is 2.07 bits per heavy atom. The van der Waals surface area contributed by atoms with Crippen LogP contribution in [0.4, 0.5) is 0 Å². The molecule has 0 fully saturated rings. The van der Waals surface area contributed by atoms with Gasteiger partial charge in [0.2, 0.25) is 0 Å². The molecule has 0 aromatic heterocycles. The number of hydrogen-bond donors (Lipinski definition) is 2. The molecule has 3 nitrogen and oxygen atoms in total. The van der Waals surface area contributed by atoms with Gasteiger partial charge in [-0.3, -0.25) is 0 Å². The molecule has 0 saturated heterocycles. The second kappa shape index (κ2) is 12.2. The Kier molecular flexibility index (Phi) is 13.6. The molecule has 0 spiro atoms. The third-order valence-electron chi connectivity index (χ3n) is 1.78. The van der Waals surface area contributed by atoms with Crippen molar-refractivity contribution in [2.45, 2.75) is 46.5 Å². The van der Waals surface area contributed by atoms with E-state index >= 15 is 0 Å². The van der Waals surface area contributed by atoms with Gasteiger partial charge in [0.05, 0.1) is 0 Å². The van der Waals surface area contributed by atoms with E-state index in [-0.39, 0.29) is 0 Å². The third kappa shape index (κ3) is 13.7. The first-order valence-electron chi connectivity index (χ1n) is 5.07. The topological polar surface area (TPSA) is 57.5 Å². The lowest BCUT2D eigenvalue weighted by Gasteiger charge is -1.90. The van der Waals surface area contributed by atoms with Crippen LogP contribution in [0.25, 0.3) is 0 Å². The first-order valence-corrected chi connectivity index (χ1v) is 5.07. The molecule has 0 aromatic carbocycles. The number of allylic oxidation sites excluding steroid dienone is 1. The second-order valence-electron chi connectivity index (χ2n) is 3.06. The number of hydrogen-bond acceptors (Lipinski definition) is 2. The maximum Gasteiger partial charge on any atom is 0.330 e. The summed E-state index contributed by atoms with van der Waals surface area (Å²) in [5.74, 6) is -0.845. The summed E-state index contributed by atoms with van der Waals surface area (Å²) in [6.45, 7) is 5.78. The standard InChI is InChI=1S/C6H14O.C5H8O2/c1-2-3-4-5-6-7;1-3-4(2)5(6)7/h7H,2-6H2,1H3;3H,1-2H3,(H,6,7). The fourth-order valence-electron chi connectivity index (χ4n) is 0.662. The van der Waals surface area contributed by atoms with Gasteiger partial charge in [-0.1, -0.05) is 32.3 Å². The summed E-state index contributed by atoms with van der Waals surface area (Å²) in [6.07, 6.45) is 6.24. The Morgan fingerprint density at radius 2 is 1.86 bits per heavy atom. The van der Waals surface area contributed by atoms with Crippen molar-refractivity contribution in [2.75, 3.05) is 6.61 Å². The fourth-order valence-corrected chi connectivity index (χ4v) is 0.662. The van der Waals surface area contributed by atoms with Crippen molar-refractivity contribution in [1.29, 1.82) is 0 Å². The lowest BCUT2D eigenvalue weighted by Crippen LogP contribution is -1.93. The zero-order valence-electron chi connectivity index (χ0n) is 9.42. The molecule has 0 aliphatic rings. The van der Waals surface area contributed by atoms with Crippen LogP contribution < -0.4 is 0 Å². The lowest BCUT2D eigenvalue weighted by atomic mass is 10.2. The fraction of sp³-hybridized carbons (Fsp3) is 0.727. The van der Waals surface area contributed by atoms with Crippen LogP contribution in [0.1, 0.15) is 46.5 Å². The first kappa shape index (κ1) is 15.6. The minimum absolute atomic E-state index is 0.361. The van der Waals surface area contributed by atoms with E-state index in [0.29, 0.717) is 12.2 Å². The molecular weight excluding hydrogens is 180 g/mol. The van der Waals surface area contributed by atoms with Gasteiger partial charge < -0.3 is 10.2 Å². The van der Waals surface area contributed by atoms with Crippen LogP contribution >= 0.6 is 0 Å². The van der Waals surface area contributed by atoms with Gasteiger partial charge in [0.25, 0.3) is 0 Å². The Balaban J connectivity index is 0. The highest BCUT2D eigenvalue weighted by Crippen LogP contribution is 1.96. The van der Waals surface area contributed by atoms with Gasteiger partial charge in [-0.05, 0) is 20.3 Å². The summed E-state index contributed by atoms with van der Waals surface area (Å²) in [5, 5.41) is 16.4. The van der Waals surface area contributed by atoms with E-state index in [1.807, 2.05) is 0 Å². The number of aliphatic hydroxyl groups is 1. The molecule has 0 radical (unpaired) electrons. The molecule has 0 aliphatic carbocycles. The predicted molar refractivity (Wildman–Crippen MR) is 58.3 cm³/mol. The van der Waals surface area contributed by atoms with Crippen molar-refractivity contribution >= 4 is 5.97 Å². The predicted octanol–water partition coefficient (Wildman–Crippen LogP) is 2.60. The maximum atomic E-state index is 9.86. The van der Waals surface area contributed by atoms with Crippen LogP contribution in [-0.4, -0.2) is 22.8 Å². The molecule has 0 unspecified atom stereocenters. The SMILES string of the molecule is CC=C(C)C(=O)O.CCCCCCO. The van der Waals surface area contributed by atoms with Gasteiger partial charge in [-0.25, -0.2) is 4.79 Å². The van der Waals surface area contributed by atoms with Gasteiger partial charge in [0, 0.05) is 12.2 Å². The van der Waals surface area contributed by atoms with Crippen LogP contribution in [-0.2, 0) is 4.79 Å². The highest BCUT2D eigenvalue weighted by atomic mass is 16.4. The van der Waals surface area contributed by atoms with E-state index in [2.05, 4.69) is 6.92 Å². The Hall–Kier alpha value is -0.830. The van der Waals surface area contributed by atoms with Crippen LogP contribution in [0.2, 0.25) is 0 Å². The Labute approximate surface area is 86.5 Å². The number of aliphatic carboxylic acids is 1. The monoisotopic (exact) mass is 202 g/mol. The molecule has 0 rings (SSSR count). The minimum Gasteiger partial charge on any atom is -0.478 e. The maximum absolute atomic E-state index is 9.86. The van der Waals surface area contributed by atoms with Crippen molar-refractivity contribution in [1.82, 2.24) is 0 Å². The van der Waals surface area contributed by atoms with Crippen molar-refractivity contribution in [2.24, 2.45) is 0 Å². The Morgan fingerprint density at radius 1 is 1.29 bits per heavy atom.